The third kappa shape index (κ3) is 14.8. The van der Waals surface area contributed by atoms with Gasteiger partial charge in [0.2, 0.25) is 0 Å². The molecule has 0 unspecified atom stereocenters. The predicted octanol–water partition coefficient (Wildman–Crippen LogP) is 36.6. The van der Waals surface area contributed by atoms with Crippen LogP contribution in [-0.4, -0.2) is 0 Å². The van der Waals surface area contributed by atoms with E-state index < -0.39 is 761 Å². The highest BCUT2D eigenvalue weighted by Crippen LogP contribution is 2.51. The van der Waals surface area contributed by atoms with E-state index >= 15 is 0 Å². The molecule has 0 saturated carbocycles. The minimum absolute atomic E-state index is 0.581. The van der Waals surface area contributed by atoms with Gasteiger partial charge in [-0.1, -0.05) is 465 Å². The summed E-state index contributed by atoms with van der Waals surface area (Å²) in [5.41, 5.74) is -20.9. The molecule has 0 aliphatic rings. The van der Waals surface area contributed by atoms with Crippen LogP contribution >= 0.6 is 0 Å². The third-order valence-corrected chi connectivity index (χ3v) is 19.9. The van der Waals surface area contributed by atoms with Crippen molar-refractivity contribution < 1.29 is 118 Å². The van der Waals surface area contributed by atoms with Crippen LogP contribution in [0, 0.1) is 0 Å². The van der Waals surface area contributed by atoms with Crippen molar-refractivity contribution in [1.82, 2.24) is 0 Å². The van der Waals surface area contributed by atoms with Crippen molar-refractivity contribution in [3.05, 3.63) is 520 Å². The molecule has 0 aliphatic heterocycles. The largest absolute Gasteiger partial charge is 0.0636 e. The van der Waals surface area contributed by atoms with Gasteiger partial charge >= 0.3 is 0 Å². The van der Waals surface area contributed by atoms with E-state index in [2.05, 4.69) is 0 Å². The summed E-state index contributed by atoms with van der Waals surface area (Å²) in [5, 5.41) is -15.1. The number of hydrogen-bond donors (Lipinski definition) is 0. The fraction of sp³-hybridized carbons (Fsp3) is 0. The number of hydrogen-bond acceptors (Lipinski definition) is 0. The van der Waals surface area contributed by atoms with Gasteiger partial charge in [0.15, 0.2) is 0 Å². The summed E-state index contributed by atoms with van der Waals surface area (Å²) in [6.45, 7) is 0. The SMILES string of the molecule is [2H]c1c([2H])c([2H])c(-c2c([2H])c([2H])c3c(-c4c([2H])c([2H])c([2H])c(-c5c([2H])c([2H])c6c([2H])c([2H])c([2H])c([2H])c6c5[2H])c4[2H])c4c([2H])c([2H])c([2H])c([2H])c4c(-c4c([2H])c([2H])c([2H])c([2H])c4[2H])c3c2[2H])c([2H])c1[2H].[2H]c1c([2H])c([2H])c(-c2c([2H])c([2H])c3c(-c4c([2H])c([2H])c([2H])c([2H])c4[2H])c4c([2H])c([2H])c([2H])c([2H])c4c(-c4c([2H])c([2H])c([2H])c(-c5c([2H])c([2H])c6c([2H])c([2H])c([2H])c([2H])c6c5[2H])c4[2H])c3c2[2H])c([2H])c1[2H].[2H]c1c([2H])c([2H])c(-c2c3c([2H])c([2H])c([2H])c([2H])c3c(-c3c([2H])c([2H])c([2H])c(-c4c([2H])c([2H])c5c([2H])c([2H])c([2H])c([2H])c5c4[2H])c3[2H])c3c([2H])c([2H])c(-c4c([2H])c([2H])c([2H])c5c([2H])c([2H])c([2H])c([2H])c45)c([2H])c23)c([2H])c1[2H]. The van der Waals surface area contributed by atoms with Crippen LogP contribution in [0.4, 0.5) is 0 Å². The van der Waals surface area contributed by atoms with E-state index in [9.17, 15) is 35.6 Å². The Morgan fingerprint density at radius 3 is 0.638 bits per heavy atom. The van der Waals surface area contributed by atoms with Gasteiger partial charge in [0.05, 0.1) is 118 Å². The van der Waals surface area contributed by atoms with Gasteiger partial charge in [-0.2, -0.15) is 0 Å². The molecule has 0 atom stereocenters. The summed E-state index contributed by atoms with van der Waals surface area (Å²) in [6, 6.07) is -85.8. The van der Waals surface area contributed by atoms with Gasteiger partial charge in [-0.25, -0.2) is 0 Å². The maximum Gasteiger partial charge on any atom is 0.0636 e. The molecule has 0 bridgehead atoms. The van der Waals surface area contributed by atoms with Crippen molar-refractivity contribution in [3.63, 3.8) is 0 Å². The van der Waals surface area contributed by atoms with E-state index in [4.69, 9.17) is 82.2 Å². The lowest BCUT2D eigenvalue weighted by atomic mass is 9.84. The quantitative estimate of drug-likeness (QED) is 0.107. The van der Waals surface area contributed by atoms with Crippen molar-refractivity contribution >= 4 is 108 Å². The van der Waals surface area contributed by atoms with Crippen LogP contribution < -0.4 is 0 Å². The molecule has 25 aromatic rings. The predicted molar refractivity (Wildman–Crippen MR) is 560 cm³/mol. The van der Waals surface area contributed by atoms with Gasteiger partial charge in [-0.15, -0.1) is 0 Å². The minimum atomic E-state index is -1.17. The van der Waals surface area contributed by atoms with Crippen LogP contribution in [0.25, 0.3) is 241 Å². The molecule has 0 heterocycles. The molecular weight excluding hydrogens is 1560 g/mol. The first kappa shape index (κ1) is 29.1. The van der Waals surface area contributed by atoms with Crippen molar-refractivity contribution in [2.24, 2.45) is 0 Å². The second-order valence-electron chi connectivity index (χ2n) is 27.2. The summed E-state index contributed by atoms with van der Waals surface area (Å²) in [7, 11) is 0. The first-order chi connectivity index (χ1) is 100. The molecule has 606 valence electrons. The Morgan fingerprint density at radius 2 is 0.292 bits per heavy atom. The van der Waals surface area contributed by atoms with Gasteiger partial charge in [0, 0.05) is 0 Å². The van der Waals surface area contributed by atoms with Gasteiger partial charge in [-0.3, -0.25) is 0 Å². The van der Waals surface area contributed by atoms with Gasteiger partial charge in [0.25, 0.3) is 0 Å². The van der Waals surface area contributed by atoms with Crippen molar-refractivity contribution in [3.8, 4) is 134 Å². The molecule has 0 radical (unpaired) electrons. The zero-order valence-electron chi connectivity index (χ0n) is 151. The number of fused-ring (bicyclic) bond motifs is 10. The molecule has 0 spiro atoms. The Labute approximate surface area is 878 Å². The van der Waals surface area contributed by atoms with Crippen LogP contribution in [-0.2, 0) is 0 Å². The molecule has 0 nitrogen and oxygen atoms in total. The molecule has 0 aromatic heterocycles. The molecule has 0 heteroatoms. The van der Waals surface area contributed by atoms with E-state index in [-0.39, 0.29) is 0 Å². The van der Waals surface area contributed by atoms with Gasteiger partial charge < -0.3 is 0 Å². The maximum absolute atomic E-state index is 10.1. The van der Waals surface area contributed by atoms with E-state index in [1.54, 1.807) is 0 Å². The van der Waals surface area contributed by atoms with Crippen molar-refractivity contribution in [2.45, 2.75) is 0 Å². The molecule has 25 aromatic carbocycles. The Bertz CT molecular complexity index is 14100. The first-order valence-corrected chi connectivity index (χ1v) is 38.0. The maximum atomic E-state index is 10.1. The summed E-state index contributed by atoms with van der Waals surface area (Å²) in [4.78, 5) is 0. The lowest BCUT2D eigenvalue weighted by Crippen LogP contribution is -1.92. The summed E-state index contributed by atoms with van der Waals surface area (Å²) >= 11 is 0. The highest BCUT2D eigenvalue weighted by Gasteiger charge is 2.24. The van der Waals surface area contributed by atoms with E-state index in [1.165, 1.54) is 0 Å². The highest BCUT2D eigenvalue weighted by atomic mass is 14.3. The lowest BCUT2D eigenvalue weighted by molar-refractivity contribution is 1.61. The van der Waals surface area contributed by atoms with Crippen LogP contribution in [0.1, 0.15) is 118 Å². The monoisotopic (exact) mass is 1730 g/mol. The Balaban J connectivity index is 0.000000164. The second-order valence-corrected chi connectivity index (χ2v) is 27.2. The third-order valence-electron chi connectivity index (χ3n) is 19.9. The lowest BCUT2D eigenvalue weighted by Gasteiger charge is -2.19. The molecule has 0 fully saturated rings. The fourth-order valence-corrected chi connectivity index (χ4v) is 14.4. The van der Waals surface area contributed by atoms with Crippen molar-refractivity contribution in [2.75, 3.05) is 0 Å². The highest BCUT2D eigenvalue weighted by molar-refractivity contribution is 6.26. The zero-order chi connectivity index (χ0) is 161. The van der Waals surface area contributed by atoms with Crippen LogP contribution in [0.2, 0.25) is 0 Å². The second kappa shape index (κ2) is 34.2. The average molecular weight is 1730 g/mol. The zero-order valence-corrected chi connectivity index (χ0v) is 65.0. The molecular formula is C130H86. The van der Waals surface area contributed by atoms with Gasteiger partial charge in [-0.05, 0) is 296 Å². The Hall–Kier alpha value is -16.9. The van der Waals surface area contributed by atoms with Crippen LogP contribution in [0.15, 0.2) is 520 Å². The van der Waals surface area contributed by atoms with Gasteiger partial charge in [0.1, 0.15) is 0 Å². The molecule has 130 heavy (non-hydrogen) atoms. The van der Waals surface area contributed by atoms with Crippen LogP contribution in [0.5, 0.6) is 0 Å². The number of rotatable bonds is 12. The van der Waals surface area contributed by atoms with E-state index in [0.29, 0.717) is 0 Å². The summed E-state index contributed by atoms with van der Waals surface area (Å²) in [6.07, 6.45) is 0. The summed E-state index contributed by atoms with van der Waals surface area (Å²) in [5.74, 6) is 0. The molecule has 0 amide bonds. The first-order valence-electron chi connectivity index (χ1n) is 81.0. The molecule has 0 saturated heterocycles. The van der Waals surface area contributed by atoms with Crippen LogP contribution in [0.3, 0.4) is 0 Å². The number of benzene rings is 25. The molecule has 0 N–H and O–H groups in total. The van der Waals surface area contributed by atoms with Crippen molar-refractivity contribution in [1.29, 1.82) is 0 Å². The fourth-order valence-electron chi connectivity index (χ4n) is 14.4. The van der Waals surface area contributed by atoms with E-state index in [1.807, 2.05) is 0 Å². The van der Waals surface area contributed by atoms with E-state index in [0.717, 1.165) is 0 Å². The Morgan fingerprint density at radius 1 is 0.0923 bits per heavy atom. The Kier molecular flexibility index (Phi) is 7.65. The normalized spacial score (nSPS) is 20.6. The average Bonchev–Trinajstić information content (AvgIpc) is 0.682. The molecule has 25 rings (SSSR count). The smallest absolute Gasteiger partial charge is 0.0622 e. The molecule has 0 aliphatic carbocycles. The standard InChI is InChI=1S/C46H30.2C42H28/c1-2-14-33(15-3-1)45-41-21-8-9-22-42(41)46(38-19-10-18-35(29-38)36-25-24-31-12-4-5-16-34(31)28-36)43-27-26-37(30-44(43)45)40-23-11-17-32-13-6-7-20-39(32)40;1-3-12-29(13-4-1)35-24-25-39-40(28-35)41(31-15-5-2-6-16-31)37-20-9-10-21-38(37)42(39)36-19-11-18-33(27-36)34-23-22-30-14-7-8-17-32(30)26-34;1-3-12-29(13-4-1)35-24-25-39-40(28-35)42(38-21-10-9-20-37(38)41(39)31-15-5-2-6-16-31)36-19-11-18-33(27-36)34-23-22-30-14-7-8-17-32(30)26-34/h1-30H;2*1-28H/i1D,2D,3D,4D,5D,6D,7D,8D,9D,10D,11D,12D,13D,14D,15D,16D,17D,18D,19D,20D,21D,22D,23D,24D,25D,26D,27D,28D,29D,30D;2*1D,2D,3D,4D,5D,6D,7D,8D,9D,10D,11D,12D,13D,14D,15D,16D,17D,18D,19D,20D,21D,22D,23D,24D,25D,26D,27D,28D. The summed E-state index contributed by atoms with van der Waals surface area (Å²) < 4.78 is 769. The minimum Gasteiger partial charge on any atom is -0.0622 e. The topological polar surface area (TPSA) is 0 Å².